The van der Waals surface area contributed by atoms with Crippen LogP contribution < -0.4 is 10.2 Å². The lowest BCUT2D eigenvalue weighted by Gasteiger charge is -2.14. The number of quaternary nitrogens is 1. The van der Waals surface area contributed by atoms with Gasteiger partial charge in [0.05, 0.1) is 13.7 Å². The molecule has 0 fully saturated rings. The Morgan fingerprint density at radius 2 is 1.80 bits per heavy atom. The van der Waals surface area contributed by atoms with Gasteiger partial charge in [0.1, 0.15) is 17.1 Å². The summed E-state index contributed by atoms with van der Waals surface area (Å²) in [7, 11) is 1.96. The van der Waals surface area contributed by atoms with Crippen LogP contribution in [-0.4, -0.2) is 32.1 Å². The first kappa shape index (κ1) is 22.0. The summed E-state index contributed by atoms with van der Waals surface area (Å²) in [6.45, 7) is 3.03. The van der Waals surface area contributed by atoms with Crippen molar-refractivity contribution in [3.8, 4) is 11.1 Å². The van der Waals surface area contributed by atoms with Crippen LogP contribution in [0, 0.1) is 0 Å². The SMILES string of the molecule is CCOC(=O)c1c(-c2ccc(Cl)cc2)csc1NC(=O)C[NH+](C)Cc1ccccc1. The van der Waals surface area contributed by atoms with Gasteiger partial charge in [0.2, 0.25) is 0 Å². The maximum Gasteiger partial charge on any atom is 0.341 e. The fourth-order valence-corrected chi connectivity index (χ4v) is 4.25. The summed E-state index contributed by atoms with van der Waals surface area (Å²) in [5, 5.41) is 5.86. The second-order valence-corrected chi connectivity index (χ2v) is 8.24. The zero-order chi connectivity index (χ0) is 21.5. The first-order chi connectivity index (χ1) is 14.5. The number of benzene rings is 2. The molecule has 1 atom stereocenters. The van der Waals surface area contributed by atoms with Crippen LogP contribution in [0.5, 0.6) is 0 Å². The average Bonchev–Trinajstić information content (AvgIpc) is 3.12. The summed E-state index contributed by atoms with van der Waals surface area (Å²) in [6.07, 6.45) is 0. The van der Waals surface area contributed by atoms with E-state index in [1.807, 2.05) is 54.9 Å². The minimum Gasteiger partial charge on any atom is -0.462 e. The Balaban J connectivity index is 1.76. The minimum atomic E-state index is -0.455. The number of hydrogen-bond donors (Lipinski definition) is 2. The predicted octanol–water partition coefficient (Wildman–Crippen LogP) is 3.90. The summed E-state index contributed by atoms with van der Waals surface area (Å²) >= 11 is 7.30. The maximum atomic E-state index is 12.6. The van der Waals surface area contributed by atoms with E-state index >= 15 is 0 Å². The van der Waals surface area contributed by atoms with Crippen LogP contribution in [0.15, 0.2) is 60.0 Å². The van der Waals surface area contributed by atoms with Gasteiger partial charge in [0.15, 0.2) is 6.54 Å². The van der Waals surface area contributed by atoms with Gasteiger partial charge in [0, 0.05) is 21.5 Å². The van der Waals surface area contributed by atoms with Crippen molar-refractivity contribution in [3.05, 3.63) is 76.1 Å². The molecule has 5 nitrogen and oxygen atoms in total. The first-order valence-corrected chi connectivity index (χ1v) is 10.9. The van der Waals surface area contributed by atoms with E-state index in [2.05, 4.69) is 5.32 Å². The number of carbonyl (C=O) groups excluding carboxylic acids is 2. The van der Waals surface area contributed by atoms with Crippen molar-refractivity contribution in [1.29, 1.82) is 0 Å². The van der Waals surface area contributed by atoms with Gasteiger partial charge in [-0.05, 0) is 24.6 Å². The van der Waals surface area contributed by atoms with E-state index in [1.165, 1.54) is 11.3 Å². The van der Waals surface area contributed by atoms with Crippen molar-refractivity contribution >= 4 is 39.8 Å². The summed E-state index contributed by atoms with van der Waals surface area (Å²) in [5.74, 6) is -0.609. The molecule has 1 amide bonds. The van der Waals surface area contributed by atoms with Gasteiger partial charge >= 0.3 is 5.97 Å². The molecule has 0 aliphatic rings. The lowest BCUT2D eigenvalue weighted by atomic mass is 10.0. The van der Waals surface area contributed by atoms with Crippen molar-refractivity contribution in [2.75, 3.05) is 25.5 Å². The van der Waals surface area contributed by atoms with Gasteiger partial charge in [-0.1, -0.05) is 54.1 Å². The van der Waals surface area contributed by atoms with Gasteiger partial charge in [-0.3, -0.25) is 4.79 Å². The Kier molecular flexibility index (Phi) is 7.63. The maximum absolute atomic E-state index is 12.6. The van der Waals surface area contributed by atoms with E-state index in [1.54, 1.807) is 19.1 Å². The summed E-state index contributed by atoms with van der Waals surface area (Å²) in [5.41, 5.74) is 3.09. The van der Waals surface area contributed by atoms with E-state index in [9.17, 15) is 9.59 Å². The third-order valence-corrected chi connectivity index (χ3v) is 5.64. The van der Waals surface area contributed by atoms with Crippen molar-refractivity contribution in [2.45, 2.75) is 13.5 Å². The number of ether oxygens (including phenoxy) is 1. The van der Waals surface area contributed by atoms with Gasteiger partial charge in [0.25, 0.3) is 5.91 Å². The van der Waals surface area contributed by atoms with Gasteiger partial charge in [-0.2, -0.15) is 0 Å². The zero-order valence-corrected chi connectivity index (χ0v) is 18.5. The number of esters is 1. The summed E-state index contributed by atoms with van der Waals surface area (Å²) < 4.78 is 5.24. The molecule has 3 aromatic rings. The Labute approximate surface area is 185 Å². The zero-order valence-electron chi connectivity index (χ0n) is 16.9. The number of likely N-dealkylation sites (N-methyl/N-ethyl adjacent to an activating group) is 1. The standard InChI is InChI=1S/C23H23ClN2O3S/c1-3-29-23(28)21-19(17-9-11-18(24)12-10-17)15-30-22(21)25-20(27)14-26(2)13-16-7-5-4-6-8-16/h4-12,15H,3,13-14H2,1-2H3,(H,25,27)/p+1. The Bertz CT molecular complexity index is 1000. The Morgan fingerprint density at radius 3 is 2.47 bits per heavy atom. The third-order valence-electron chi connectivity index (χ3n) is 4.49. The molecule has 0 radical (unpaired) electrons. The largest absolute Gasteiger partial charge is 0.462 e. The molecule has 2 N–H and O–H groups in total. The van der Waals surface area contributed by atoms with Crippen molar-refractivity contribution in [1.82, 2.24) is 0 Å². The molecule has 0 spiro atoms. The van der Waals surface area contributed by atoms with Crippen LogP contribution >= 0.6 is 22.9 Å². The molecule has 3 rings (SSSR count). The van der Waals surface area contributed by atoms with Gasteiger partial charge < -0.3 is 15.0 Å². The van der Waals surface area contributed by atoms with Crippen LogP contribution in [0.25, 0.3) is 11.1 Å². The van der Waals surface area contributed by atoms with E-state index in [4.69, 9.17) is 16.3 Å². The quantitative estimate of drug-likeness (QED) is 0.519. The molecule has 1 heterocycles. The van der Waals surface area contributed by atoms with E-state index in [0.717, 1.165) is 28.1 Å². The number of rotatable bonds is 8. The molecule has 30 heavy (non-hydrogen) atoms. The molecule has 156 valence electrons. The molecule has 0 bridgehead atoms. The smallest absolute Gasteiger partial charge is 0.341 e. The molecule has 0 saturated carbocycles. The lowest BCUT2D eigenvalue weighted by Crippen LogP contribution is -3.08. The molecule has 0 aliphatic heterocycles. The van der Waals surface area contributed by atoms with Crippen molar-refractivity contribution < 1.29 is 19.2 Å². The van der Waals surface area contributed by atoms with Crippen LogP contribution in [-0.2, 0) is 16.1 Å². The highest BCUT2D eigenvalue weighted by molar-refractivity contribution is 7.15. The van der Waals surface area contributed by atoms with E-state index in [0.29, 0.717) is 15.6 Å². The number of halogens is 1. The Hall–Kier alpha value is -2.67. The minimum absolute atomic E-state index is 0.154. The number of amides is 1. The fourth-order valence-electron chi connectivity index (χ4n) is 3.15. The summed E-state index contributed by atoms with van der Waals surface area (Å²) in [6, 6.07) is 17.2. The molecule has 0 aliphatic carbocycles. The second kappa shape index (κ2) is 10.4. The fraction of sp³-hybridized carbons (Fsp3) is 0.217. The molecule has 1 aromatic heterocycles. The molecular weight excluding hydrogens is 420 g/mol. The highest BCUT2D eigenvalue weighted by atomic mass is 35.5. The molecule has 0 saturated heterocycles. The van der Waals surface area contributed by atoms with Crippen LogP contribution in [0.2, 0.25) is 5.02 Å². The monoisotopic (exact) mass is 443 g/mol. The summed E-state index contributed by atoms with van der Waals surface area (Å²) in [4.78, 5) is 26.3. The highest BCUT2D eigenvalue weighted by Crippen LogP contribution is 2.36. The van der Waals surface area contributed by atoms with E-state index in [-0.39, 0.29) is 19.1 Å². The number of hydrogen-bond acceptors (Lipinski definition) is 4. The molecule has 7 heteroatoms. The van der Waals surface area contributed by atoms with E-state index < -0.39 is 5.97 Å². The average molecular weight is 444 g/mol. The second-order valence-electron chi connectivity index (χ2n) is 6.93. The molecular formula is C23H24ClN2O3S+. The normalized spacial score (nSPS) is 11.7. The number of thiophene rings is 1. The van der Waals surface area contributed by atoms with Crippen LogP contribution in [0.3, 0.4) is 0 Å². The van der Waals surface area contributed by atoms with Gasteiger partial charge in [-0.15, -0.1) is 11.3 Å². The number of anilines is 1. The molecule has 2 aromatic carbocycles. The number of nitrogens with one attached hydrogen (secondary N) is 2. The first-order valence-electron chi connectivity index (χ1n) is 9.67. The highest BCUT2D eigenvalue weighted by Gasteiger charge is 2.23. The number of carbonyl (C=O) groups is 2. The topological polar surface area (TPSA) is 59.8 Å². The molecule has 1 unspecified atom stereocenters. The van der Waals surface area contributed by atoms with Crippen LogP contribution in [0.4, 0.5) is 5.00 Å². The predicted molar refractivity (Wildman–Crippen MR) is 121 cm³/mol. The van der Waals surface area contributed by atoms with Gasteiger partial charge in [-0.25, -0.2) is 4.79 Å². The lowest BCUT2D eigenvalue weighted by molar-refractivity contribution is -0.885. The third kappa shape index (κ3) is 5.69. The van der Waals surface area contributed by atoms with Crippen molar-refractivity contribution in [3.63, 3.8) is 0 Å². The van der Waals surface area contributed by atoms with Crippen molar-refractivity contribution in [2.24, 2.45) is 0 Å². The Morgan fingerprint density at radius 1 is 1.10 bits per heavy atom. The van der Waals surface area contributed by atoms with Crippen LogP contribution in [0.1, 0.15) is 22.8 Å².